The summed E-state index contributed by atoms with van der Waals surface area (Å²) in [6.07, 6.45) is -38.1. The Morgan fingerprint density at radius 3 is 1.74 bits per heavy atom. The summed E-state index contributed by atoms with van der Waals surface area (Å²) in [5.41, 5.74) is -1.71. The van der Waals surface area contributed by atoms with Gasteiger partial charge in [-0.1, -0.05) is 26.8 Å². The molecule has 7 rings (SSSR count). The fourth-order valence-electron chi connectivity index (χ4n) is 14.0. The van der Waals surface area contributed by atoms with E-state index in [1.807, 2.05) is 0 Å². The standard InChI is InChI=1S/C52H87NO28/c1-20-13-50(3)12-9-30-51(4,10-6-11-52(30,5)49(72)81-47-43(40(70)36(66)27(17-57)77-47)80-45-31(53-21(2)59)38(68)34(64)25(15-55)75-45)29(50)8-7-24(20)74-48-44(73-19-23(61)33(63)32(62)22(60)14-54)42(37(67)28(18-58)78-48)79-46-41(71)39(69)35(65)26(16-56)76-46/h22-48,54-58,60-71H,1,6-19H2,2-5H3,(H,53,59)/t22?,23?,24?,25?,26?,27?,28?,29-,30?,31?,32?,33?,34?,35?,36?,37?,38?,39?,40?,41?,42?,43?,44?,45?,46?,47?,48?,50-,51?,52-/m1/s1. The summed E-state index contributed by atoms with van der Waals surface area (Å²) in [5.74, 6) is -1.93. The molecule has 0 radical (unpaired) electrons. The second kappa shape index (κ2) is 27.2. The molecule has 81 heavy (non-hydrogen) atoms. The first-order chi connectivity index (χ1) is 38.1. The first-order valence-electron chi connectivity index (χ1n) is 27.7. The summed E-state index contributed by atoms with van der Waals surface area (Å²) in [6.45, 7) is 6.39. The third-order valence-corrected chi connectivity index (χ3v) is 18.5. The van der Waals surface area contributed by atoms with Gasteiger partial charge in [0.15, 0.2) is 25.0 Å². The molecule has 0 aromatic rings. The fourth-order valence-corrected chi connectivity index (χ4v) is 14.0. The highest BCUT2D eigenvalue weighted by molar-refractivity contribution is 5.77. The summed E-state index contributed by atoms with van der Waals surface area (Å²) in [4.78, 5) is 27.2. The topological polar surface area (TPSA) is 473 Å². The van der Waals surface area contributed by atoms with Gasteiger partial charge in [-0.2, -0.15) is 0 Å². The molecule has 4 heterocycles. The van der Waals surface area contributed by atoms with Crippen LogP contribution in [0.25, 0.3) is 0 Å². The average Bonchev–Trinajstić information content (AvgIpc) is 3.67. The maximum Gasteiger partial charge on any atom is 0.314 e. The number of aliphatic hydroxyl groups excluding tert-OH is 17. The number of nitrogens with one attached hydrogen (secondary N) is 1. The number of esters is 1. The maximum absolute atomic E-state index is 15.0. The lowest BCUT2D eigenvalue weighted by molar-refractivity contribution is -0.368. The Morgan fingerprint density at radius 1 is 0.593 bits per heavy atom. The Balaban J connectivity index is 1.13. The monoisotopic (exact) mass is 1170 g/mol. The summed E-state index contributed by atoms with van der Waals surface area (Å²) >= 11 is 0. The van der Waals surface area contributed by atoms with Gasteiger partial charge in [-0.3, -0.25) is 9.59 Å². The summed E-state index contributed by atoms with van der Waals surface area (Å²) in [7, 11) is 0. The maximum atomic E-state index is 15.0. The van der Waals surface area contributed by atoms with Crippen molar-refractivity contribution in [1.82, 2.24) is 5.32 Å². The minimum atomic E-state index is -2.11. The van der Waals surface area contributed by atoms with Crippen LogP contribution in [-0.2, 0) is 52.2 Å². The molecule has 0 spiro atoms. The highest BCUT2D eigenvalue weighted by Gasteiger charge is 2.64. The second-order valence-electron chi connectivity index (χ2n) is 23.9. The molecule has 0 bridgehead atoms. The fraction of sp³-hybridized carbons (Fsp3) is 0.923. The third kappa shape index (κ3) is 13.3. The highest BCUT2D eigenvalue weighted by atomic mass is 16.8. The molecule has 3 saturated carbocycles. The van der Waals surface area contributed by atoms with Gasteiger partial charge in [-0.25, -0.2) is 0 Å². The summed E-state index contributed by atoms with van der Waals surface area (Å²) in [5, 5.41) is 182. The molecular formula is C52H87NO28. The molecule has 4 aliphatic heterocycles. The minimum Gasteiger partial charge on any atom is -0.432 e. The number of carbonyl (C=O) groups is 2. The van der Waals surface area contributed by atoms with E-state index in [1.165, 1.54) is 0 Å². The lowest BCUT2D eigenvalue weighted by Crippen LogP contribution is -2.68. The molecule has 29 nitrogen and oxygen atoms in total. The number of carbonyl (C=O) groups excluding carboxylic acids is 2. The van der Waals surface area contributed by atoms with Crippen LogP contribution in [0.2, 0.25) is 0 Å². The van der Waals surface area contributed by atoms with Crippen molar-refractivity contribution in [3.05, 3.63) is 12.2 Å². The molecule has 0 aromatic heterocycles. The van der Waals surface area contributed by atoms with Crippen LogP contribution in [0.1, 0.15) is 79.1 Å². The van der Waals surface area contributed by atoms with Crippen LogP contribution < -0.4 is 5.32 Å². The Bertz CT molecular complexity index is 2080. The van der Waals surface area contributed by atoms with Crippen molar-refractivity contribution in [2.75, 3.05) is 39.6 Å². The van der Waals surface area contributed by atoms with Crippen LogP contribution >= 0.6 is 0 Å². The van der Waals surface area contributed by atoms with Gasteiger partial charge in [-0.05, 0) is 80.1 Å². The van der Waals surface area contributed by atoms with Crippen molar-refractivity contribution in [3.8, 4) is 0 Å². The molecule has 0 aromatic carbocycles. The molecule has 7 aliphatic rings. The Morgan fingerprint density at radius 2 is 1.14 bits per heavy atom. The van der Waals surface area contributed by atoms with E-state index in [1.54, 1.807) is 6.92 Å². The molecule has 7 fully saturated rings. The SMILES string of the molecule is C=C1C[C@@]2(C)CCC3C(C)(CCC[C@@]3(C)C(=O)OC3OC(CO)C(O)C(O)C3OC3OC(CO)C(O)C(O)C3NC(C)=O)[C@@H]2CCC1OC1OC(CO)C(O)C(OC2OC(CO)C(O)C(O)C2O)C1OCC(O)C(O)C(O)C(O)CO. The van der Waals surface area contributed by atoms with Crippen LogP contribution in [0.5, 0.6) is 0 Å². The Kier molecular flexibility index (Phi) is 22.2. The van der Waals surface area contributed by atoms with Crippen molar-refractivity contribution >= 4 is 11.9 Å². The lowest BCUT2D eigenvalue weighted by Gasteiger charge is -2.62. The predicted octanol–water partition coefficient (Wildman–Crippen LogP) is -7.26. The molecule has 27 unspecified atom stereocenters. The van der Waals surface area contributed by atoms with Gasteiger partial charge in [0.05, 0.1) is 51.2 Å². The minimum absolute atomic E-state index is 0.138. The van der Waals surface area contributed by atoms with Crippen LogP contribution in [0, 0.1) is 28.1 Å². The zero-order valence-corrected chi connectivity index (χ0v) is 45.8. The van der Waals surface area contributed by atoms with Gasteiger partial charge in [-0.15, -0.1) is 0 Å². The highest BCUT2D eigenvalue weighted by Crippen LogP contribution is 2.67. The molecule has 468 valence electrons. The van der Waals surface area contributed by atoms with Crippen LogP contribution in [0.4, 0.5) is 0 Å². The quantitative estimate of drug-likeness (QED) is 0.0398. The number of aliphatic hydroxyl groups is 17. The van der Waals surface area contributed by atoms with Crippen LogP contribution in [-0.4, -0.2) is 292 Å². The van der Waals surface area contributed by atoms with Crippen molar-refractivity contribution in [3.63, 3.8) is 0 Å². The van der Waals surface area contributed by atoms with Gasteiger partial charge in [0.2, 0.25) is 12.2 Å². The largest absolute Gasteiger partial charge is 0.432 e. The van der Waals surface area contributed by atoms with E-state index in [4.69, 9.17) is 42.6 Å². The molecule has 3 aliphatic carbocycles. The van der Waals surface area contributed by atoms with E-state index in [0.717, 1.165) is 6.92 Å². The number of hydrogen-bond donors (Lipinski definition) is 18. The van der Waals surface area contributed by atoms with Crippen LogP contribution in [0.3, 0.4) is 0 Å². The predicted molar refractivity (Wildman–Crippen MR) is 268 cm³/mol. The average molecular weight is 1170 g/mol. The van der Waals surface area contributed by atoms with E-state index >= 15 is 4.79 Å². The second-order valence-corrected chi connectivity index (χ2v) is 23.9. The summed E-state index contributed by atoms with van der Waals surface area (Å²) in [6, 6.07) is -1.49. The van der Waals surface area contributed by atoms with Crippen molar-refractivity contribution < 1.29 is 139 Å². The first-order valence-corrected chi connectivity index (χ1v) is 27.7. The van der Waals surface area contributed by atoms with E-state index in [9.17, 15) is 91.6 Å². The van der Waals surface area contributed by atoms with E-state index in [-0.39, 0.29) is 18.3 Å². The van der Waals surface area contributed by atoms with Gasteiger partial charge in [0.1, 0.15) is 116 Å². The van der Waals surface area contributed by atoms with E-state index in [2.05, 4.69) is 25.7 Å². The molecule has 30 atom stereocenters. The zero-order valence-electron chi connectivity index (χ0n) is 45.8. The normalized spacial score (nSPS) is 47.4. The van der Waals surface area contributed by atoms with Crippen molar-refractivity contribution in [2.24, 2.45) is 28.1 Å². The third-order valence-electron chi connectivity index (χ3n) is 18.5. The number of hydrogen-bond acceptors (Lipinski definition) is 28. The van der Waals surface area contributed by atoms with Gasteiger partial charge in [0, 0.05) is 6.92 Å². The molecule has 29 heteroatoms. The molecular weight excluding hydrogens is 1090 g/mol. The Hall–Kier alpha value is -2.32. The number of amides is 1. The zero-order chi connectivity index (χ0) is 59.8. The summed E-state index contributed by atoms with van der Waals surface area (Å²) < 4.78 is 54.3. The Labute approximate surface area is 467 Å². The van der Waals surface area contributed by atoms with Gasteiger partial charge in [0.25, 0.3) is 0 Å². The van der Waals surface area contributed by atoms with E-state index in [0.29, 0.717) is 50.5 Å². The number of rotatable bonds is 20. The lowest BCUT2D eigenvalue weighted by atomic mass is 9.42. The van der Waals surface area contributed by atoms with E-state index < -0.39 is 221 Å². The smallest absolute Gasteiger partial charge is 0.314 e. The van der Waals surface area contributed by atoms with Crippen LogP contribution in [0.15, 0.2) is 12.2 Å². The molecule has 18 N–H and O–H groups in total. The number of ether oxygens (including phenoxy) is 9. The first kappa shape index (κ1) is 66.2. The van der Waals surface area contributed by atoms with Crippen molar-refractivity contribution in [2.45, 2.75) is 232 Å². The number of fused-ring (bicyclic) bond motifs is 3. The van der Waals surface area contributed by atoms with Gasteiger partial charge >= 0.3 is 5.97 Å². The van der Waals surface area contributed by atoms with Crippen molar-refractivity contribution in [1.29, 1.82) is 0 Å². The molecule has 4 saturated heterocycles. The van der Waals surface area contributed by atoms with Gasteiger partial charge < -0.3 is 135 Å². The molecule has 1 amide bonds.